The first-order valence-corrected chi connectivity index (χ1v) is 2.92. The zero-order valence-electron chi connectivity index (χ0n) is 4.96. The van der Waals surface area contributed by atoms with Gasteiger partial charge in [-0.25, -0.2) is 0 Å². The van der Waals surface area contributed by atoms with E-state index in [0.717, 1.165) is 0 Å². The van der Waals surface area contributed by atoms with Gasteiger partial charge in [-0.15, -0.1) is 0 Å². The zero-order chi connectivity index (χ0) is 7.49. The van der Waals surface area contributed by atoms with Crippen LogP contribution in [0.1, 0.15) is 19.8 Å². The summed E-state index contributed by atoms with van der Waals surface area (Å²) >= 11 is 4.45. The third-order valence-electron chi connectivity index (χ3n) is 0.792. The minimum Gasteiger partial charge on any atom is -0.299 e. The molecule has 0 rings (SSSR count). The predicted molar refractivity (Wildman–Crippen MR) is 30.7 cm³/mol. The van der Waals surface area contributed by atoms with E-state index in [4.69, 9.17) is 0 Å². The minimum absolute atomic E-state index is 0.113. The molecule has 0 atom stereocenters. The Labute approximate surface area is 57.0 Å². The summed E-state index contributed by atoms with van der Waals surface area (Å²) in [6.07, 6.45) is -0.743. The Hall–Kier alpha value is -0.180. The Kier molecular flexibility index (Phi) is 3.04. The average Bonchev–Trinajstić information content (AvgIpc) is 1.62. The van der Waals surface area contributed by atoms with Gasteiger partial charge >= 0.3 is 5.38 Å². The van der Waals surface area contributed by atoms with Gasteiger partial charge in [0.1, 0.15) is 5.78 Å². The van der Waals surface area contributed by atoms with Crippen molar-refractivity contribution in [2.75, 3.05) is 0 Å². The Balaban J connectivity index is 3.60. The summed E-state index contributed by atoms with van der Waals surface area (Å²) < 4.78 is 23.4. The standard InChI is InChI=1S/C5H7ClF2O/c1-2-4(9)3-5(6,7)8/h2-3H2,1H3. The Bertz CT molecular complexity index is 108. The lowest BCUT2D eigenvalue weighted by Crippen LogP contribution is -2.12. The van der Waals surface area contributed by atoms with Crippen LogP contribution in [0, 0.1) is 0 Å². The molecule has 0 spiro atoms. The van der Waals surface area contributed by atoms with E-state index in [1.54, 1.807) is 0 Å². The van der Waals surface area contributed by atoms with Crippen molar-refractivity contribution in [1.29, 1.82) is 0 Å². The van der Waals surface area contributed by atoms with Gasteiger partial charge in [-0.3, -0.25) is 4.79 Å². The molecule has 0 N–H and O–H groups in total. The van der Waals surface area contributed by atoms with E-state index < -0.39 is 17.6 Å². The molecule has 0 radical (unpaired) electrons. The summed E-state index contributed by atoms with van der Waals surface area (Å²) in [5.41, 5.74) is 0. The topological polar surface area (TPSA) is 17.1 Å². The van der Waals surface area contributed by atoms with E-state index in [2.05, 4.69) is 11.6 Å². The van der Waals surface area contributed by atoms with Crippen molar-refractivity contribution in [1.82, 2.24) is 0 Å². The van der Waals surface area contributed by atoms with Gasteiger partial charge in [0, 0.05) is 6.42 Å². The molecule has 0 aliphatic heterocycles. The highest BCUT2D eigenvalue weighted by Gasteiger charge is 2.27. The molecule has 0 unspecified atom stereocenters. The van der Waals surface area contributed by atoms with E-state index in [-0.39, 0.29) is 6.42 Å². The quantitative estimate of drug-likeness (QED) is 0.573. The largest absolute Gasteiger partial charge is 0.328 e. The van der Waals surface area contributed by atoms with E-state index in [1.807, 2.05) is 0 Å². The molecule has 0 aliphatic carbocycles. The van der Waals surface area contributed by atoms with Crippen molar-refractivity contribution in [2.24, 2.45) is 0 Å². The fourth-order valence-corrected chi connectivity index (χ4v) is 0.498. The van der Waals surface area contributed by atoms with Crippen molar-refractivity contribution in [2.45, 2.75) is 25.1 Å². The van der Waals surface area contributed by atoms with E-state index in [1.165, 1.54) is 6.92 Å². The van der Waals surface area contributed by atoms with Crippen molar-refractivity contribution >= 4 is 17.4 Å². The van der Waals surface area contributed by atoms with Gasteiger partial charge < -0.3 is 0 Å². The molecule has 0 aliphatic rings. The molecular formula is C5H7ClF2O. The van der Waals surface area contributed by atoms with Gasteiger partial charge in [0.15, 0.2) is 0 Å². The SMILES string of the molecule is CCC(=O)CC(F)(F)Cl. The lowest BCUT2D eigenvalue weighted by atomic mass is 10.2. The summed E-state index contributed by atoms with van der Waals surface area (Å²) in [6.45, 7) is 1.52. The van der Waals surface area contributed by atoms with Crippen molar-refractivity contribution in [3.05, 3.63) is 0 Å². The van der Waals surface area contributed by atoms with Gasteiger partial charge in [0.05, 0.1) is 6.42 Å². The molecule has 0 amide bonds. The minimum atomic E-state index is -3.35. The number of rotatable bonds is 3. The van der Waals surface area contributed by atoms with Crippen LogP contribution in [0.5, 0.6) is 0 Å². The van der Waals surface area contributed by atoms with E-state index in [0.29, 0.717) is 0 Å². The molecule has 9 heavy (non-hydrogen) atoms. The summed E-state index contributed by atoms with van der Waals surface area (Å²) in [7, 11) is 0. The van der Waals surface area contributed by atoms with E-state index in [9.17, 15) is 13.6 Å². The second-order valence-electron chi connectivity index (χ2n) is 1.68. The number of hydrogen-bond acceptors (Lipinski definition) is 1. The molecule has 0 aromatic carbocycles. The highest BCUT2D eigenvalue weighted by Crippen LogP contribution is 2.23. The number of halogens is 3. The van der Waals surface area contributed by atoms with Crippen LogP contribution in [0.4, 0.5) is 8.78 Å². The fourth-order valence-electron chi connectivity index (χ4n) is 0.349. The average molecular weight is 157 g/mol. The van der Waals surface area contributed by atoms with Gasteiger partial charge in [-0.2, -0.15) is 8.78 Å². The first-order valence-electron chi connectivity index (χ1n) is 2.54. The third kappa shape index (κ3) is 5.69. The zero-order valence-corrected chi connectivity index (χ0v) is 5.71. The molecule has 0 bridgehead atoms. The summed E-state index contributed by atoms with van der Waals surface area (Å²) in [4.78, 5) is 10.3. The van der Waals surface area contributed by atoms with Crippen LogP contribution in [0.3, 0.4) is 0 Å². The molecule has 0 heterocycles. The van der Waals surface area contributed by atoms with Crippen molar-refractivity contribution < 1.29 is 13.6 Å². The summed E-state index contributed by atoms with van der Waals surface area (Å²) in [5, 5.41) is -3.35. The van der Waals surface area contributed by atoms with Gasteiger partial charge in [0.25, 0.3) is 0 Å². The van der Waals surface area contributed by atoms with Crippen LogP contribution in [-0.4, -0.2) is 11.2 Å². The lowest BCUT2D eigenvalue weighted by molar-refractivity contribution is -0.122. The molecule has 0 fully saturated rings. The van der Waals surface area contributed by atoms with Crippen LogP contribution in [-0.2, 0) is 4.79 Å². The van der Waals surface area contributed by atoms with Crippen molar-refractivity contribution in [3.63, 3.8) is 0 Å². The number of ketones is 1. The number of carbonyl (C=O) groups is 1. The normalized spacial score (nSPS) is 11.6. The summed E-state index contributed by atoms with van der Waals surface area (Å²) in [6, 6.07) is 0. The summed E-state index contributed by atoms with van der Waals surface area (Å²) in [5.74, 6) is -0.519. The lowest BCUT2D eigenvalue weighted by Gasteiger charge is -2.03. The highest BCUT2D eigenvalue weighted by molar-refractivity contribution is 6.22. The van der Waals surface area contributed by atoms with Gasteiger partial charge in [-0.05, 0) is 11.6 Å². The molecule has 0 aromatic heterocycles. The number of Topliss-reactive ketones (excluding diaryl/α,β-unsaturated/α-hetero) is 1. The van der Waals surface area contributed by atoms with E-state index >= 15 is 0 Å². The fraction of sp³-hybridized carbons (Fsp3) is 0.800. The predicted octanol–water partition coefficient (Wildman–Crippen LogP) is 2.19. The number of hydrogen-bond donors (Lipinski definition) is 0. The second kappa shape index (κ2) is 3.11. The number of carbonyl (C=O) groups excluding carboxylic acids is 1. The molecular weight excluding hydrogens is 150 g/mol. The van der Waals surface area contributed by atoms with Crippen LogP contribution in [0.2, 0.25) is 0 Å². The maximum absolute atomic E-state index is 11.7. The monoisotopic (exact) mass is 156 g/mol. The Morgan fingerprint density at radius 3 is 2.22 bits per heavy atom. The highest BCUT2D eigenvalue weighted by atomic mass is 35.5. The van der Waals surface area contributed by atoms with Gasteiger partial charge in [-0.1, -0.05) is 6.92 Å². The molecule has 4 heteroatoms. The maximum atomic E-state index is 11.7. The Morgan fingerprint density at radius 1 is 1.67 bits per heavy atom. The third-order valence-corrected chi connectivity index (χ3v) is 0.926. The molecule has 1 nitrogen and oxygen atoms in total. The Morgan fingerprint density at radius 2 is 2.11 bits per heavy atom. The van der Waals surface area contributed by atoms with Gasteiger partial charge in [0.2, 0.25) is 0 Å². The van der Waals surface area contributed by atoms with Crippen LogP contribution in [0.15, 0.2) is 0 Å². The number of alkyl halides is 3. The van der Waals surface area contributed by atoms with Crippen molar-refractivity contribution in [3.8, 4) is 0 Å². The first kappa shape index (κ1) is 8.82. The molecule has 0 saturated carbocycles. The molecule has 0 saturated heterocycles. The first-order chi connectivity index (χ1) is 3.95. The smallest absolute Gasteiger partial charge is 0.299 e. The van der Waals surface area contributed by atoms with Crippen LogP contribution in [0.25, 0.3) is 0 Å². The van der Waals surface area contributed by atoms with Crippen LogP contribution >= 0.6 is 11.6 Å². The maximum Gasteiger partial charge on any atom is 0.328 e. The molecule has 0 aromatic rings. The second-order valence-corrected chi connectivity index (χ2v) is 2.24. The van der Waals surface area contributed by atoms with Crippen LogP contribution < -0.4 is 0 Å². The molecule has 54 valence electrons.